The Hall–Kier alpha value is -2.35. The maximum absolute atomic E-state index is 5.47. The summed E-state index contributed by atoms with van der Waals surface area (Å²) < 4.78 is 7.56. The fraction of sp³-hybridized carbons (Fsp3) is 0.211. The molecule has 0 bridgehead atoms. The molecule has 21 heavy (non-hydrogen) atoms. The van der Waals surface area contributed by atoms with Gasteiger partial charge in [0.2, 0.25) is 0 Å². The maximum atomic E-state index is 5.47. The van der Waals surface area contributed by atoms with Crippen molar-refractivity contribution in [3.8, 4) is 0 Å². The first-order valence-electron chi connectivity index (χ1n) is 7.08. The fourth-order valence-electron chi connectivity index (χ4n) is 2.14. The molecule has 0 amide bonds. The Kier molecular flexibility index (Phi) is 4.94. The lowest BCUT2D eigenvalue weighted by Crippen LogP contribution is -2.09. The Balaban J connectivity index is 2.03. The van der Waals surface area contributed by atoms with Crippen molar-refractivity contribution in [1.29, 1.82) is 0 Å². The van der Waals surface area contributed by atoms with Crippen LogP contribution in [0, 0.1) is 0 Å². The first kappa shape index (κ1) is 15.0. The monoisotopic (exact) mass is 280 g/mol. The van der Waals surface area contributed by atoms with Crippen molar-refractivity contribution in [2.24, 2.45) is 0 Å². The number of hydrogen-bond acceptors (Lipinski definition) is 1. The second kappa shape index (κ2) is 6.89. The van der Waals surface area contributed by atoms with E-state index in [0.29, 0.717) is 0 Å². The van der Waals surface area contributed by atoms with Gasteiger partial charge >= 0.3 is 0 Å². The molecule has 1 aliphatic heterocycles. The summed E-state index contributed by atoms with van der Waals surface area (Å²) in [5, 5.41) is 0. The molecule has 0 aromatic rings. The smallest absolute Gasteiger partial charge is 0.199 e. The van der Waals surface area contributed by atoms with Crippen LogP contribution in [0.15, 0.2) is 83.4 Å². The van der Waals surface area contributed by atoms with E-state index >= 15 is 0 Å². The molecule has 1 heterocycles. The third-order valence-corrected chi connectivity index (χ3v) is 3.16. The zero-order valence-corrected chi connectivity index (χ0v) is 13.1. The van der Waals surface area contributed by atoms with Gasteiger partial charge in [0.1, 0.15) is 25.6 Å². The molecule has 0 N–H and O–H groups in total. The summed E-state index contributed by atoms with van der Waals surface area (Å²) in [6.07, 6.45) is 20.8. The molecule has 0 aromatic carbocycles. The van der Waals surface area contributed by atoms with Crippen molar-refractivity contribution in [2.45, 2.75) is 13.8 Å². The molecule has 2 nitrogen and oxygen atoms in total. The van der Waals surface area contributed by atoms with Crippen LogP contribution in [0.5, 0.6) is 0 Å². The first-order valence-corrected chi connectivity index (χ1v) is 7.08. The van der Waals surface area contributed by atoms with Crippen molar-refractivity contribution in [1.82, 2.24) is 0 Å². The predicted octanol–water partition coefficient (Wildman–Crippen LogP) is 4.07. The van der Waals surface area contributed by atoms with Gasteiger partial charge in [0.25, 0.3) is 0 Å². The van der Waals surface area contributed by atoms with Gasteiger partial charge in [-0.25, -0.2) is 4.58 Å². The second-order valence-electron chi connectivity index (χ2n) is 5.32. The molecule has 0 unspecified atom stereocenters. The van der Waals surface area contributed by atoms with Crippen LogP contribution in [0.4, 0.5) is 0 Å². The zero-order valence-electron chi connectivity index (χ0n) is 13.1. The van der Waals surface area contributed by atoms with Crippen LogP contribution in [-0.4, -0.2) is 24.4 Å². The molecule has 0 saturated heterocycles. The van der Waals surface area contributed by atoms with E-state index in [1.807, 2.05) is 46.2 Å². The van der Waals surface area contributed by atoms with E-state index in [4.69, 9.17) is 4.74 Å². The summed E-state index contributed by atoms with van der Waals surface area (Å²) in [5.41, 5.74) is 3.56. The van der Waals surface area contributed by atoms with Crippen LogP contribution < -0.4 is 0 Å². The van der Waals surface area contributed by atoms with Gasteiger partial charge in [0.15, 0.2) is 5.71 Å². The highest BCUT2D eigenvalue weighted by atomic mass is 16.5. The van der Waals surface area contributed by atoms with Crippen LogP contribution in [0.2, 0.25) is 0 Å². The van der Waals surface area contributed by atoms with E-state index < -0.39 is 0 Å². The van der Waals surface area contributed by atoms with E-state index in [1.54, 1.807) is 0 Å². The van der Waals surface area contributed by atoms with Crippen LogP contribution in [0.1, 0.15) is 13.8 Å². The van der Waals surface area contributed by atoms with Crippen LogP contribution >= 0.6 is 0 Å². The third-order valence-electron chi connectivity index (χ3n) is 3.16. The molecule has 0 atom stereocenters. The molecule has 108 valence electrons. The van der Waals surface area contributed by atoms with Crippen molar-refractivity contribution < 1.29 is 9.31 Å². The summed E-state index contributed by atoms with van der Waals surface area (Å²) in [6, 6.07) is 0. The van der Waals surface area contributed by atoms with Crippen LogP contribution in [0.3, 0.4) is 0 Å². The lowest BCUT2D eigenvalue weighted by Gasteiger charge is -2.11. The molecule has 0 saturated carbocycles. The number of hydrogen-bond donors (Lipinski definition) is 0. The molecule has 0 spiro atoms. The summed E-state index contributed by atoms with van der Waals surface area (Å²) in [5.74, 6) is 1.86. The Morgan fingerprint density at radius 2 is 1.33 bits per heavy atom. The fourth-order valence-corrected chi connectivity index (χ4v) is 2.14. The lowest BCUT2D eigenvalue weighted by atomic mass is 10.1. The molecule has 2 aliphatic rings. The van der Waals surface area contributed by atoms with Crippen molar-refractivity contribution in [3.05, 3.63) is 83.4 Å². The van der Waals surface area contributed by atoms with Gasteiger partial charge in [-0.2, -0.15) is 0 Å². The van der Waals surface area contributed by atoms with Crippen LogP contribution in [-0.2, 0) is 4.74 Å². The number of nitrogens with zero attached hydrogens (tertiary/aromatic N) is 1. The normalized spacial score (nSPS) is 17.6. The Bertz CT molecular complexity index is 620. The number of ether oxygens (including phenoxy) is 1. The summed E-state index contributed by atoms with van der Waals surface area (Å²) in [6.45, 7) is 3.93. The minimum Gasteiger partial charge on any atom is -0.467 e. The second-order valence-corrected chi connectivity index (χ2v) is 5.32. The standard InChI is InChI=1S/C19H22NO/c1-15-13-18(14-16(2)21-15)8-6-5-7-17-9-11-19(12-10-17)20(3)4/h5-14H,1-4H3/q+1/b6-5+. The average molecular weight is 280 g/mol. The Labute approximate surface area is 127 Å². The van der Waals surface area contributed by atoms with Crippen molar-refractivity contribution in [3.63, 3.8) is 0 Å². The zero-order chi connectivity index (χ0) is 15.2. The lowest BCUT2D eigenvalue weighted by molar-refractivity contribution is -0.462. The predicted molar refractivity (Wildman–Crippen MR) is 89.3 cm³/mol. The minimum atomic E-state index is 0.929. The van der Waals surface area contributed by atoms with E-state index in [2.05, 4.69) is 47.1 Å². The van der Waals surface area contributed by atoms with Gasteiger partial charge in [0.05, 0.1) is 0 Å². The van der Waals surface area contributed by atoms with Crippen molar-refractivity contribution >= 4 is 5.71 Å². The largest absolute Gasteiger partial charge is 0.467 e. The van der Waals surface area contributed by atoms with E-state index in [9.17, 15) is 0 Å². The third kappa shape index (κ3) is 4.60. The molecular weight excluding hydrogens is 258 g/mol. The molecule has 0 aromatic heterocycles. The highest BCUT2D eigenvalue weighted by Gasteiger charge is 2.03. The Morgan fingerprint density at radius 1 is 0.810 bits per heavy atom. The minimum absolute atomic E-state index is 0.929. The highest BCUT2D eigenvalue weighted by Crippen LogP contribution is 2.18. The van der Waals surface area contributed by atoms with Gasteiger partial charge in [-0.1, -0.05) is 24.3 Å². The summed E-state index contributed by atoms with van der Waals surface area (Å²) >= 11 is 0. The first-order chi connectivity index (χ1) is 10.0. The Morgan fingerprint density at radius 3 is 1.86 bits per heavy atom. The topological polar surface area (TPSA) is 12.2 Å². The van der Waals surface area contributed by atoms with Gasteiger partial charge in [0, 0.05) is 12.2 Å². The molecule has 2 heteroatoms. The number of allylic oxidation sites excluding steroid dienone is 14. The van der Waals surface area contributed by atoms with Gasteiger partial charge in [-0.15, -0.1) is 0 Å². The van der Waals surface area contributed by atoms with Crippen LogP contribution in [0.25, 0.3) is 0 Å². The average Bonchev–Trinajstić information content (AvgIpc) is 2.43. The molecule has 0 radical (unpaired) electrons. The molecule has 1 aliphatic carbocycles. The highest BCUT2D eigenvalue weighted by molar-refractivity contribution is 6.02. The SMILES string of the molecule is CC1=CC(=C/C=C/C=C2C=CC(=[N+](C)C)C=C2)C=C(C)O1. The molecule has 0 fully saturated rings. The quantitative estimate of drug-likeness (QED) is 0.694. The number of rotatable bonds is 2. The van der Waals surface area contributed by atoms with Gasteiger partial charge in [-0.3, -0.25) is 0 Å². The maximum Gasteiger partial charge on any atom is 0.199 e. The van der Waals surface area contributed by atoms with Gasteiger partial charge < -0.3 is 4.74 Å². The van der Waals surface area contributed by atoms with E-state index in [-0.39, 0.29) is 0 Å². The van der Waals surface area contributed by atoms with Gasteiger partial charge in [-0.05, 0) is 49.3 Å². The van der Waals surface area contributed by atoms with E-state index in [0.717, 1.165) is 17.1 Å². The van der Waals surface area contributed by atoms with Crippen molar-refractivity contribution in [2.75, 3.05) is 14.1 Å². The molecular formula is C19H22NO+. The summed E-state index contributed by atoms with van der Waals surface area (Å²) in [4.78, 5) is 0. The molecule has 2 rings (SSSR count). The summed E-state index contributed by atoms with van der Waals surface area (Å²) in [7, 11) is 4.09. The van der Waals surface area contributed by atoms with E-state index in [1.165, 1.54) is 11.3 Å².